The molecule has 104 valence electrons. The van der Waals surface area contributed by atoms with Crippen molar-refractivity contribution in [2.75, 3.05) is 6.54 Å². The fraction of sp³-hybridized carbons (Fsp3) is 0.647. The number of nitrogens with one attached hydrogen (secondary N) is 1. The third-order valence-corrected chi connectivity index (χ3v) is 4.75. The summed E-state index contributed by atoms with van der Waals surface area (Å²) in [6.07, 6.45) is 8.88. The summed E-state index contributed by atoms with van der Waals surface area (Å²) in [5.74, 6) is 1.38. The van der Waals surface area contributed by atoms with Gasteiger partial charge >= 0.3 is 0 Å². The predicted octanol–water partition coefficient (Wildman–Crippen LogP) is 3.93. The Kier molecular flexibility index (Phi) is 4.17. The highest BCUT2D eigenvalue weighted by Crippen LogP contribution is 2.33. The van der Waals surface area contributed by atoms with Crippen LogP contribution in [0.4, 0.5) is 4.39 Å². The van der Waals surface area contributed by atoms with Crippen LogP contribution in [0, 0.1) is 17.7 Å². The van der Waals surface area contributed by atoms with E-state index in [0.29, 0.717) is 5.92 Å². The fourth-order valence-corrected chi connectivity index (χ4v) is 3.37. The fourth-order valence-electron chi connectivity index (χ4n) is 3.37. The summed E-state index contributed by atoms with van der Waals surface area (Å²) in [5.41, 5.74) is 0.908. The van der Waals surface area contributed by atoms with Crippen LogP contribution in [0.1, 0.15) is 44.1 Å². The van der Waals surface area contributed by atoms with Crippen LogP contribution in [0.3, 0.4) is 0 Å². The molecule has 2 aliphatic rings. The number of hydrogen-bond acceptors (Lipinski definition) is 1. The van der Waals surface area contributed by atoms with Crippen LogP contribution < -0.4 is 5.32 Å². The third-order valence-electron chi connectivity index (χ3n) is 4.75. The van der Waals surface area contributed by atoms with E-state index in [1.165, 1.54) is 38.5 Å². The van der Waals surface area contributed by atoms with Crippen LogP contribution in [0.25, 0.3) is 0 Å². The highest BCUT2D eigenvalue weighted by Gasteiger charge is 2.28. The summed E-state index contributed by atoms with van der Waals surface area (Å²) in [6.45, 7) is 1.14. The Morgan fingerprint density at radius 2 is 1.74 bits per heavy atom. The van der Waals surface area contributed by atoms with Crippen molar-refractivity contribution in [1.82, 2.24) is 5.32 Å². The van der Waals surface area contributed by atoms with E-state index in [-0.39, 0.29) is 5.82 Å². The summed E-state index contributed by atoms with van der Waals surface area (Å²) in [4.78, 5) is 0. The maximum absolute atomic E-state index is 13.8. The number of halogens is 1. The molecule has 0 aromatic heterocycles. The molecule has 2 aliphatic carbocycles. The molecule has 0 aliphatic heterocycles. The van der Waals surface area contributed by atoms with Crippen molar-refractivity contribution < 1.29 is 4.39 Å². The minimum atomic E-state index is -0.0259. The van der Waals surface area contributed by atoms with Crippen LogP contribution in [0.5, 0.6) is 0 Å². The molecule has 1 aromatic carbocycles. The lowest BCUT2D eigenvalue weighted by Crippen LogP contribution is -2.32. The number of benzene rings is 1. The van der Waals surface area contributed by atoms with E-state index in [4.69, 9.17) is 0 Å². The van der Waals surface area contributed by atoms with Crippen molar-refractivity contribution in [3.8, 4) is 0 Å². The molecule has 2 heteroatoms. The van der Waals surface area contributed by atoms with E-state index in [0.717, 1.165) is 30.5 Å². The summed E-state index contributed by atoms with van der Waals surface area (Å²) in [5, 5.41) is 3.66. The van der Waals surface area contributed by atoms with Gasteiger partial charge in [-0.1, -0.05) is 31.0 Å². The zero-order valence-corrected chi connectivity index (χ0v) is 11.6. The molecular formula is C17H24FN. The summed E-state index contributed by atoms with van der Waals surface area (Å²) in [7, 11) is 0. The molecule has 0 spiro atoms. The Bertz CT molecular complexity index is 413. The molecule has 1 N–H and O–H groups in total. The molecule has 0 radical (unpaired) electrons. The zero-order chi connectivity index (χ0) is 13.1. The smallest absolute Gasteiger partial charge is 0.126 e. The van der Waals surface area contributed by atoms with Gasteiger partial charge in [0.05, 0.1) is 0 Å². The van der Waals surface area contributed by atoms with Crippen molar-refractivity contribution >= 4 is 0 Å². The van der Waals surface area contributed by atoms with E-state index in [9.17, 15) is 4.39 Å². The molecule has 19 heavy (non-hydrogen) atoms. The van der Waals surface area contributed by atoms with Gasteiger partial charge in [0, 0.05) is 6.04 Å². The molecule has 0 saturated heterocycles. The van der Waals surface area contributed by atoms with Crippen LogP contribution in [-0.4, -0.2) is 12.6 Å². The van der Waals surface area contributed by atoms with Crippen molar-refractivity contribution in [2.45, 2.75) is 51.0 Å². The van der Waals surface area contributed by atoms with E-state index in [1.54, 1.807) is 12.1 Å². The maximum atomic E-state index is 13.8. The van der Waals surface area contributed by atoms with E-state index in [2.05, 4.69) is 5.32 Å². The first-order valence-electron chi connectivity index (χ1n) is 7.79. The summed E-state index contributed by atoms with van der Waals surface area (Å²) >= 11 is 0. The van der Waals surface area contributed by atoms with Gasteiger partial charge in [-0.25, -0.2) is 4.39 Å². The normalized spacial score (nSPS) is 27.4. The molecule has 2 atom stereocenters. The molecule has 0 bridgehead atoms. The van der Waals surface area contributed by atoms with Gasteiger partial charge in [-0.15, -0.1) is 0 Å². The van der Waals surface area contributed by atoms with E-state index >= 15 is 0 Å². The minimum absolute atomic E-state index is 0.0259. The first kappa shape index (κ1) is 13.1. The minimum Gasteiger partial charge on any atom is -0.314 e. The summed E-state index contributed by atoms with van der Waals surface area (Å²) < 4.78 is 13.8. The van der Waals surface area contributed by atoms with Gasteiger partial charge in [-0.3, -0.25) is 0 Å². The van der Waals surface area contributed by atoms with Crippen LogP contribution in [0.2, 0.25) is 0 Å². The quantitative estimate of drug-likeness (QED) is 0.847. The second-order valence-corrected chi connectivity index (χ2v) is 6.28. The highest BCUT2D eigenvalue weighted by molar-refractivity contribution is 5.18. The Morgan fingerprint density at radius 1 is 1.00 bits per heavy atom. The predicted molar refractivity (Wildman–Crippen MR) is 76.6 cm³/mol. The molecule has 1 nitrogen and oxygen atoms in total. The molecule has 2 saturated carbocycles. The molecule has 1 aromatic rings. The standard InChI is InChI=1S/C17H24FN/c18-17-8-4-3-6-14(17)11-13-5-1-2-7-15(13)12-19-16-9-10-16/h3-4,6,8,13,15-16,19H,1-2,5,7,9-12H2. The van der Waals surface area contributed by atoms with Crippen LogP contribution in [0.15, 0.2) is 24.3 Å². The van der Waals surface area contributed by atoms with E-state index in [1.807, 2.05) is 12.1 Å². The molecule has 2 unspecified atom stereocenters. The van der Waals surface area contributed by atoms with Gasteiger partial charge in [-0.2, -0.15) is 0 Å². The van der Waals surface area contributed by atoms with Crippen molar-refractivity contribution in [2.24, 2.45) is 11.8 Å². The molecule has 3 rings (SSSR count). The van der Waals surface area contributed by atoms with Crippen molar-refractivity contribution in [3.63, 3.8) is 0 Å². The van der Waals surface area contributed by atoms with Crippen molar-refractivity contribution in [1.29, 1.82) is 0 Å². The lowest BCUT2D eigenvalue weighted by molar-refractivity contribution is 0.226. The van der Waals surface area contributed by atoms with Crippen LogP contribution in [-0.2, 0) is 6.42 Å². The second kappa shape index (κ2) is 6.04. The second-order valence-electron chi connectivity index (χ2n) is 6.28. The number of hydrogen-bond donors (Lipinski definition) is 1. The maximum Gasteiger partial charge on any atom is 0.126 e. The van der Waals surface area contributed by atoms with Crippen molar-refractivity contribution in [3.05, 3.63) is 35.6 Å². The van der Waals surface area contributed by atoms with Gasteiger partial charge in [-0.05, 0) is 62.1 Å². The average molecular weight is 261 g/mol. The Balaban J connectivity index is 1.60. The van der Waals surface area contributed by atoms with Gasteiger partial charge in [0.1, 0.15) is 5.82 Å². The molecule has 0 amide bonds. The first-order valence-corrected chi connectivity index (χ1v) is 7.79. The average Bonchev–Trinajstić information content (AvgIpc) is 3.24. The lowest BCUT2D eigenvalue weighted by Gasteiger charge is -2.32. The first-order chi connectivity index (χ1) is 9.33. The monoisotopic (exact) mass is 261 g/mol. The Morgan fingerprint density at radius 3 is 2.47 bits per heavy atom. The van der Waals surface area contributed by atoms with Gasteiger partial charge < -0.3 is 5.32 Å². The molecule has 2 fully saturated rings. The highest BCUT2D eigenvalue weighted by atomic mass is 19.1. The van der Waals surface area contributed by atoms with Gasteiger partial charge in [0.25, 0.3) is 0 Å². The topological polar surface area (TPSA) is 12.0 Å². The Labute approximate surface area is 115 Å². The summed E-state index contributed by atoms with van der Waals surface area (Å²) in [6, 6.07) is 8.08. The third kappa shape index (κ3) is 3.56. The molecule has 0 heterocycles. The van der Waals surface area contributed by atoms with Gasteiger partial charge in [0.2, 0.25) is 0 Å². The largest absolute Gasteiger partial charge is 0.314 e. The van der Waals surface area contributed by atoms with Crippen LogP contribution >= 0.6 is 0 Å². The molecular weight excluding hydrogens is 237 g/mol. The SMILES string of the molecule is Fc1ccccc1CC1CCCCC1CNC1CC1. The number of rotatable bonds is 5. The van der Waals surface area contributed by atoms with Gasteiger partial charge in [0.15, 0.2) is 0 Å². The zero-order valence-electron chi connectivity index (χ0n) is 11.6. The Hall–Kier alpha value is -0.890. The lowest BCUT2D eigenvalue weighted by atomic mass is 9.76. The van der Waals surface area contributed by atoms with E-state index < -0.39 is 0 Å².